The molecule has 0 unspecified atom stereocenters. The number of carbonyl (C=O) groups excluding carboxylic acids is 1. The van der Waals surface area contributed by atoms with Gasteiger partial charge in [-0.15, -0.1) is 11.3 Å². The van der Waals surface area contributed by atoms with Gasteiger partial charge in [0.15, 0.2) is 5.06 Å². The molecule has 2 rings (SSSR count). The molecule has 0 radical (unpaired) electrons. The molecule has 86 valence electrons. The Morgan fingerprint density at radius 2 is 2.12 bits per heavy atom. The van der Waals surface area contributed by atoms with Crippen LogP contribution in [0.25, 0.3) is 9.40 Å². The van der Waals surface area contributed by atoms with Crippen LogP contribution in [0.2, 0.25) is 0 Å². The van der Waals surface area contributed by atoms with Crippen molar-refractivity contribution in [3.63, 3.8) is 0 Å². The van der Waals surface area contributed by atoms with Crippen molar-refractivity contribution in [1.82, 2.24) is 0 Å². The SMILES string of the molecule is CC(C)(C)OC(=O)c1csc2sc(O)cc12. The number of hydrogen-bond donors (Lipinski definition) is 1. The average molecular weight is 256 g/mol. The fourth-order valence-electron chi connectivity index (χ4n) is 1.30. The van der Waals surface area contributed by atoms with Crippen molar-refractivity contribution >= 4 is 38.0 Å². The highest BCUT2D eigenvalue weighted by molar-refractivity contribution is 7.38. The summed E-state index contributed by atoms with van der Waals surface area (Å²) in [5.74, 6) is -0.337. The zero-order valence-corrected chi connectivity index (χ0v) is 10.9. The van der Waals surface area contributed by atoms with E-state index >= 15 is 0 Å². The van der Waals surface area contributed by atoms with Crippen LogP contribution in [0, 0.1) is 0 Å². The molecule has 16 heavy (non-hydrogen) atoms. The third kappa shape index (κ3) is 2.20. The smallest absolute Gasteiger partial charge is 0.340 e. The molecule has 0 aliphatic heterocycles. The molecule has 0 fully saturated rings. The lowest BCUT2D eigenvalue weighted by atomic mass is 10.2. The molecule has 0 saturated carbocycles. The third-order valence-electron chi connectivity index (χ3n) is 1.88. The molecule has 3 nitrogen and oxygen atoms in total. The van der Waals surface area contributed by atoms with Crippen LogP contribution in [-0.2, 0) is 4.74 Å². The van der Waals surface area contributed by atoms with E-state index in [-0.39, 0.29) is 11.0 Å². The highest BCUT2D eigenvalue weighted by Crippen LogP contribution is 2.37. The van der Waals surface area contributed by atoms with Gasteiger partial charge in [-0.2, -0.15) is 0 Å². The number of carbonyl (C=O) groups is 1. The maximum absolute atomic E-state index is 11.9. The number of hydrogen-bond acceptors (Lipinski definition) is 5. The van der Waals surface area contributed by atoms with E-state index in [2.05, 4.69) is 0 Å². The zero-order valence-electron chi connectivity index (χ0n) is 9.23. The van der Waals surface area contributed by atoms with Crippen molar-refractivity contribution < 1.29 is 14.6 Å². The number of esters is 1. The van der Waals surface area contributed by atoms with Crippen LogP contribution in [-0.4, -0.2) is 16.7 Å². The molecule has 0 saturated heterocycles. The first-order valence-corrected chi connectivity index (χ1v) is 6.50. The fourth-order valence-corrected chi connectivity index (χ4v) is 3.29. The highest BCUT2D eigenvalue weighted by Gasteiger charge is 2.21. The largest absolute Gasteiger partial charge is 0.499 e. The van der Waals surface area contributed by atoms with Gasteiger partial charge in [0.25, 0.3) is 0 Å². The maximum atomic E-state index is 11.9. The molecule has 2 heterocycles. The van der Waals surface area contributed by atoms with Gasteiger partial charge in [0.05, 0.1) is 9.58 Å². The van der Waals surface area contributed by atoms with Gasteiger partial charge in [-0.3, -0.25) is 0 Å². The molecule has 5 heteroatoms. The molecule has 2 aromatic rings. The molecule has 0 aromatic carbocycles. The molecule has 0 aliphatic carbocycles. The molecule has 0 atom stereocenters. The van der Waals surface area contributed by atoms with E-state index < -0.39 is 5.60 Å². The summed E-state index contributed by atoms with van der Waals surface area (Å²) in [6.07, 6.45) is 0. The minimum atomic E-state index is -0.497. The van der Waals surface area contributed by atoms with Crippen molar-refractivity contribution in [2.75, 3.05) is 0 Å². The molecule has 1 N–H and O–H groups in total. The van der Waals surface area contributed by atoms with Gasteiger partial charge in [0.1, 0.15) is 5.60 Å². The first kappa shape index (κ1) is 11.4. The van der Waals surface area contributed by atoms with Gasteiger partial charge in [0.2, 0.25) is 0 Å². The monoisotopic (exact) mass is 256 g/mol. The topological polar surface area (TPSA) is 46.5 Å². The van der Waals surface area contributed by atoms with Crippen LogP contribution in [0.5, 0.6) is 5.06 Å². The van der Waals surface area contributed by atoms with Crippen LogP contribution in [0.15, 0.2) is 11.4 Å². The van der Waals surface area contributed by atoms with Crippen molar-refractivity contribution in [3.8, 4) is 5.06 Å². The van der Waals surface area contributed by atoms with Crippen LogP contribution in [0.3, 0.4) is 0 Å². The Morgan fingerprint density at radius 1 is 1.44 bits per heavy atom. The van der Waals surface area contributed by atoms with Crippen molar-refractivity contribution in [2.24, 2.45) is 0 Å². The van der Waals surface area contributed by atoms with Crippen molar-refractivity contribution in [1.29, 1.82) is 0 Å². The Balaban J connectivity index is 2.36. The molecule has 0 spiro atoms. The highest BCUT2D eigenvalue weighted by atomic mass is 32.2. The standard InChI is InChI=1S/C11H12O3S2/c1-11(2,3)14-9(13)7-5-15-10-6(7)4-8(12)16-10/h4-5,12H,1-3H3. The van der Waals surface area contributed by atoms with E-state index in [1.54, 1.807) is 11.4 Å². The predicted molar refractivity (Wildman–Crippen MR) is 66.5 cm³/mol. The average Bonchev–Trinajstić information content (AvgIpc) is 2.58. The van der Waals surface area contributed by atoms with Gasteiger partial charge in [0, 0.05) is 16.8 Å². The maximum Gasteiger partial charge on any atom is 0.340 e. The summed E-state index contributed by atoms with van der Waals surface area (Å²) in [7, 11) is 0. The Morgan fingerprint density at radius 3 is 2.75 bits per heavy atom. The molecule has 0 aliphatic rings. The summed E-state index contributed by atoms with van der Waals surface area (Å²) in [5.41, 5.74) is 0.0372. The summed E-state index contributed by atoms with van der Waals surface area (Å²) in [6, 6.07) is 1.61. The zero-order chi connectivity index (χ0) is 11.9. The second-order valence-corrected chi connectivity index (χ2v) is 6.61. The van der Waals surface area contributed by atoms with Crippen LogP contribution in [0.1, 0.15) is 31.1 Å². The fraction of sp³-hybridized carbons (Fsp3) is 0.364. The Hall–Kier alpha value is -1.07. The first-order chi connectivity index (χ1) is 7.37. The van der Waals surface area contributed by atoms with Crippen molar-refractivity contribution in [3.05, 3.63) is 17.0 Å². The lowest BCUT2D eigenvalue weighted by Crippen LogP contribution is -2.23. The number of rotatable bonds is 1. The number of ether oxygens (including phenoxy) is 1. The Labute approximate surface area is 101 Å². The minimum absolute atomic E-state index is 0.228. The van der Waals surface area contributed by atoms with Crippen LogP contribution < -0.4 is 0 Å². The van der Waals surface area contributed by atoms with Crippen molar-refractivity contribution in [2.45, 2.75) is 26.4 Å². The second-order valence-electron chi connectivity index (χ2n) is 4.44. The molecule has 2 aromatic heterocycles. The molecule has 0 amide bonds. The van der Waals surface area contributed by atoms with Gasteiger partial charge < -0.3 is 9.84 Å². The summed E-state index contributed by atoms with van der Waals surface area (Å²) in [5, 5.41) is 12.1. The van der Waals surface area contributed by atoms with Gasteiger partial charge in [-0.05, 0) is 20.8 Å². The van der Waals surface area contributed by atoms with Gasteiger partial charge in [-0.1, -0.05) is 11.3 Å². The number of aromatic hydroxyl groups is 1. The first-order valence-electron chi connectivity index (χ1n) is 4.80. The van der Waals surface area contributed by atoms with E-state index in [4.69, 9.17) is 4.74 Å². The molecule has 0 bridgehead atoms. The summed E-state index contributed by atoms with van der Waals surface area (Å²) in [6.45, 7) is 5.50. The molecular weight excluding hydrogens is 244 g/mol. The lowest BCUT2D eigenvalue weighted by Gasteiger charge is -2.18. The number of thiophene rings is 2. The quantitative estimate of drug-likeness (QED) is 0.793. The van der Waals surface area contributed by atoms with Gasteiger partial charge >= 0.3 is 5.97 Å². The number of fused-ring (bicyclic) bond motifs is 1. The van der Waals surface area contributed by atoms with E-state index in [9.17, 15) is 9.90 Å². The summed E-state index contributed by atoms with van der Waals surface area (Å²) in [4.78, 5) is 11.9. The van der Waals surface area contributed by atoms with Crippen LogP contribution >= 0.6 is 22.7 Å². The summed E-state index contributed by atoms with van der Waals surface area (Å²) < 4.78 is 6.23. The van der Waals surface area contributed by atoms with E-state index in [1.807, 2.05) is 20.8 Å². The predicted octanol–water partition coefficient (Wildman–Crippen LogP) is 3.62. The Kier molecular flexibility index (Phi) is 2.67. The van der Waals surface area contributed by atoms with Gasteiger partial charge in [-0.25, -0.2) is 4.79 Å². The van der Waals surface area contributed by atoms with E-state index in [1.165, 1.54) is 22.7 Å². The van der Waals surface area contributed by atoms with E-state index in [0.29, 0.717) is 5.56 Å². The van der Waals surface area contributed by atoms with E-state index in [0.717, 1.165) is 9.40 Å². The Bertz CT molecular complexity index is 531. The normalized spacial score (nSPS) is 11.9. The summed E-state index contributed by atoms with van der Waals surface area (Å²) >= 11 is 2.72. The third-order valence-corrected chi connectivity index (χ3v) is 3.94. The minimum Gasteiger partial charge on any atom is -0.499 e. The second kappa shape index (κ2) is 3.75. The lowest BCUT2D eigenvalue weighted by molar-refractivity contribution is 0.00724. The molecular formula is C11H12O3S2. The van der Waals surface area contributed by atoms with Crippen LogP contribution in [0.4, 0.5) is 0 Å².